The van der Waals surface area contributed by atoms with Crippen molar-refractivity contribution in [2.24, 2.45) is 0 Å². The van der Waals surface area contributed by atoms with Gasteiger partial charge in [0.1, 0.15) is 0 Å². The van der Waals surface area contributed by atoms with Gasteiger partial charge in [-0.3, -0.25) is 0 Å². The third-order valence-corrected chi connectivity index (χ3v) is 0. The van der Waals surface area contributed by atoms with E-state index in [1.165, 1.54) is 0 Å². The molecule has 4 nitrogen and oxygen atoms in total. The first-order chi connectivity index (χ1) is 2.00. The van der Waals surface area contributed by atoms with E-state index in [-0.39, 0.29) is 85.6 Å². The normalized spacial score (nSPS) is 6.56. The van der Waals surface area contributed by atoms with E-state index in [4.69, 9.17) is 19.2 Å². The minimum atomic E-state index is -4.64. The van der Waals surface area contributed by atoms with Gasteiger partial charge in [-0.25, -0.2) is 4.57 Å². The zero-order valence-corrected chi connectivity index (χ0v) is 9.11. The topological polar surface area (TPSA) is 77.8 Å². The van der Waals surface area contributed by atoms with Crippen molar-refractivity contribution in [3.63, 3.8) is 0 Å². The standard InChI is InChI=1S/Al.Li.H3O4P.Ti.Zr.4H/c;;1-5(2,3)4;;;;;;/h;;(H3,1,2,3,4);;;;;;/q;+1;;;;;;;-1. The van der Waals surface area contributed by atoms with Gasteiger partial charge in [0.15, 0.2) is 17.4 Å². The molecule has 0 saturated heterocycles. The van der Waals surface area contributed by atoms with Crippen LogP contribution >= 0.6 is 7.82 Å². The maximum Gasteiger partial charge on any atom is 1.00 e. The molecule has 0 aliphatic rings. The average Bonchev–Trinajstić information content (AvgIpc) is 0.722. The van der Waals surface area contributed by atoms with Crippen LogP contribution in [-0.2, 0) is 52.5 Å². The summed E-state index contributed by atoms with van der Waals surface area (Å²) in [6, 6.07) is 0. The molecule has 0 aromatic carbocycles. The van der Waals surface area contributed by atoms with E-state index in [9.17, 15) is 0 Å². The summed E-state index contributed by atoms with van der Waals surface area (Å²) >= 11 is 0. The van der Waals surface area contributed by atoms with Gasteiger partial charge >= 0.3 is 26.7 Å². The van der Waals surface area contributed by atoms with Gasteiger partial charge in [-0.05, 0) is 0 Å². The van der Waals surface area contributed by atoms with Gasteiger partial charge in [0.25, 0.3) is 0 Å². The van der Waals surface area contributed by atoms with Gasteiger partial charge in [-0.2, -0.15) is 0 Å². The van der Waals surface area contributed by atoms with Crippen LogP contribution in [0.25, 0.3) is 0 Å². The molecule has 9 heteroatoms. The first-order valence-electron chi connectivity index (χ1n) is 0.783. The molecule has 9 heavy (non-hydrogen) atoms. The summed E-state index contributed by atoms with van der Waals surface area (Å²) < 4.78 is 8.88. The summed E-state index contributed by atoms with van der Waals surface area (Å²) in [4.78, 5) is 21.6. The van der Waals surface area contributed by atoms with Crippen LogP contribution < -0.4 is 18.9 Å². The van der Waals surface area contributed by atoms with E-state index in [0.29, 0.717) is 0 Å². The fraction of sp³-hybridized carbons (Fsp3) is 0. The van der Waals surface area contributed by atoms with Crippen molar-refractivity contribution in [3.8, 4) is 0 Å². The number of rotatable bonds is 0. The zero-order valence-electron chi connectivity index (χ0n) is 5.20. The van der Waals surface area contributed by atoms with Crippen molar-refractivity contribution in [1.82, 2.24) is 0 Å². The van der Waals surface area contributed by atoms with E-state index < -0.39 is 7.82 Å². The molecule has 0 bridgehead atoms. The fourth-order valence-electron chi connectivity index (χ4n) is 0. The van der Waals surface area contributed by atoms with Gasteiger partial charge in [0.2, 0.25) is 0 Å². The van der Waals surface area contributed by atoms with Gasteiger partial charge in [0, 0.05) is 47.9 Å². The van der Waals surface area contributed by atoms with Gasteiger partial charge < -0.3 is 16.1 Å². The molecule has 0 spiro atoms. The van der Waals surface area contributed by atoms with Crippen molar-refractivity contribution in [3.05, 3.63) is 0 Å². The Morgan fingerprint density at radius 1 is 1.22 bits per heavy atom. The summed E-state index contributed by atoms with van der Waals surface area (Å²) in [5.41, 5.74) is 0. The molecule has 0 unspecified atom stereocenters. The second-order valence-electron chi connectivity index (χ2n) is 0.513. The Kier molecular flexibility index (Phi) is 44.4. The quantitative estimate of drug-likeness (QED) is 0.305. The summed E-state index contributed by atoms with van der Waals surface area (Å²) in [7, 11) is -4.64. The molecule has 0 aromatic rings. The number of hydrogen-bond acceptors (Lipinski definition) is 1. The van der Waals surface area contributed by atoms with Crippen molar-refractivity contribution in [1.29, 1.82) is 0 Å². The Bertz CT molecular complexity index is 71.4. The number of hydrogen-bond donors (Lipinski definition) is 3. The molecule has 0 aromatic heterocycles. The Hall–Kier alpha value is 2.84. The van der Waals surface area contributed by atoms with E-state index in [1.807, 2.05) is 0 Å². The molecule has 48 valence electrons. The molecule has 0 aliphatic heterocycles. The van der Waals surface area contributed by atoms with Crippen LogP contribution in [-0.4, -0.2) is 32.0 Å². The Morgan fingerprint density at radius 2 is 1.22 bits per heavy atom. The van der Waals surface area contributed by atoms with E-state index in [0.717, 1.165) is 0 Å². The molecular formula is H7AlLiO4PTiZr. The van der Waals surface area contributed by atoms with Gasteiger partial charge in [-0.1, -0.05) is 0 Å². The molecule has 3 N–H and O–H groups in total. The minimum Gasteiger partial charge on any atom is -1.00 e. The Labute approximate surface area is 111 Å². The van der Waals surface area contributed by atoms with E-state index in [1.54, 1.807) is 0 Å². The monoisotopic (exact) mass is 274 g/mol. The summed E-state index contributed by atoms with van der Waals surface area (Å²) in [6.45, 7) is 0. The van der Waals surface area contributed by atoms with Crippen LogP contribution in [0.4, 0.5) is 0 Å². The largest absolute Gasteiger partial charge is 1.00 e. The maximum absolute atomic E-state index is 8.88. The maximum atomic E-state index is 8.88. The summed E-state index contributed by atoms with van der Waals surface area (Å²) in [6.07, 6.45) is 0. The molecule has 0 amide bonds. The number of phosphoric acid groups is 1. The first-order valence-corrected chi connectivity index (χ1v) is 2.35. The zero-order chi connectivity index (χ0) is 4.50. The smallest absolute Gasteiger partial charge is 1.00 e. The van der Waals surface area contributed by atoms with Crippen LogP contribution in [0.15, 0.2) is 0 Å². The molecule has 0 rings (SSSR count). The SMILES string of the molecule is O=P(O)(O)O.[AlH3].[H-].[Li+].[Ti].[Zr]. The van der Waals surface area contributed by atoms with Crippen LogP contribution in [0.1, 0.15) is 1.43 Å². The third-order valence-electron chi connectivity index (χ3n) is 0. The second-order valence-corrected chi connectivity index (χ2v) is 1.54. The molecule has 0 radical (unpaired) electrons. The van der Waals surface area contributed by atoms with Crippen molar-refractivity contribution >= 4 is 25.2 Å². The van der Waals surface area contributed by atoms with Crippen LogP contribution in [0.3, 0.4) is 0 Å². The first kappa shape index (κ1) is 29.7. The minimum absolute atomic E-state index is 0. The van der Waals surface area contributed by atoms with Crippen LogP contribution in [0.5, 0.6) is 0 Å². The fourth-order valence-corrected chi connectivity index (χ4v) is 0. The molecular weight excluding hydrogens is 268 g/mol. The van der Waals surface area contributed by atoms with Gasteiger partial charge in [0.05, 0.1) is 0 Å². The molecule has 0 heterocycles. The van der Waals surface area contributed by atoms with Crippen molar-refractivity contribution < 1.29 is 87.5 Å². The summed E-state index contributed by atoms with van der Waals surface area (Å²) in [5.74, 6) is 0. The third kappa shape index (κ3) is 105. The average molecular weight is 275 g/mol. The van der Waals surface area contributed by atoms with Gasteiger partial charge in [-0.15, -0.1) is 0 Å². The van der Waals surface area contributed by atoms with Crippen molar-refractivity contribution in [2.45, 2.75) is 0 Å². The molecule has 0 atom stereocenters. The summed E-state index contributed by atoms with van der Waals surface area (Å²) in [5, 5.41) is 0. The van der Waals surface area contributed by atoms with Crippen LogP contribution in [0.2, 0.25) is 0 Å². The van der Waals surface area contributed by atoms with E-state index in [2.05, 4.69) is 0 Å². The predicted molar refractivity (Wildman–Crippen MR) is 25.3 cm³/mol. The molecule has 0 aliphatic carbocycles. The Morgan fingerprint density at radius 3 is 1.22 bits per heavy atom. The van der Waals surface area contributed by atoms with Crippen molar-refractivity contribution in [2.75, 3.05) is 0 Å². The van der Waals surface area contributed by atoms with E-state index >= 15 is 0 Å². The molecule has 0 fully saturated rings. The van der Waals surface area contributed by atoms with Crippen LogP contribution in [0, 0.1) is 0 Å². The Balaban J connectivity index is -0.00000000800. The second kappa shape index (κ2) is 13.4. The molecule has 0 saturated carbocycles. The predicted octanol–water partition coefficient (Wildman–Crippen LogP) is -5.00.